The zero-order valence-electron chi connectivity index (χ0n) is 14.3. The minimum atomic E-state index is 0.0380. The van der Waals surface area contributed by atoms with Crippen molar-refractivity contribution in [2.45, 2.75) is 18.7 Å². The molecule has 0 saturated carbocycles. The van der Waals surface area contributed by atoms with E-state index in [1.165, 1.54) is 33.1 Å². The van der Waals surface area contributed by atoms with E-state index in [0.717, 1.165) is 9.93 Å². The fourth-order valence-electron chi connectivity index (χ4n) is 3.13. The molecule has 0 bridgehead atoms. The number of benzene rings is 2. The first kappa shape index (κ1) is 16.9. The highest BCUT2D eigenvalue weighted by Crippen LogP contribution is 2.52. The summed E-state index contributed by atoms with van der Waals surface area (Å²) in [6.45, 7) is 4.87. The van der Waals surface area contributed by atoms with Crippen LogP contribution in [0.1, 0.15) is 13.8 Å². The summed E-state index contributed by atoms with van der Waals surface area (Å²) in [4.78, 5) is 19.1. The van der Waals surface area contributed by atoms with Crippen LogP contribution < -0.4 is 4.90 Å². The zero-order valence-corrected chi connectivity index (χ0v) is 16.7. The van der Waals surface area contributed by atoms with E-state index in [4.69, 9.17) is 12.2 Å². The van der Waals surface area contributed by atoms with Crippen molar-refractivity contribution >= 4 is 62.4 Å². The number of carbonyl (C=O) groups excluding carboxylic acids is 1. The van der Waals surface area contributed by atoms with Gasteiger partial charge < -0.3 is 4.90 Å². The van der Waals surface area contributed by atoms with Crippen molar-refractivity contribution in [2.75, 3.05) is 18.5 Å². The quantitative estimate of drug-likeness (QED) is 0.486. The van der Waals surface area contributed by atoms with E-state index < -0.39 is 0 Å². The Labute approximate surface area is 161 Å². The standard InChI is InChI=1S/C19H18N2OS3/c1-11(2)10-21-17(23)16(25-19(21)22)18-20(3)14-9-8-12-6-4-5-7-13(12)15(14)24-18/h4-9,11H,10H2,1-3H3/b18-16-. The van der Waals surface area contributed by atoms with E-state index in [9.17, 15) is 4.79 Å². The van der Waals surface area contributed by atoms with Crippen LogP contribution in [0, 0.1) is 5.92 Å². The Morgan fingerprint density at radius 2 is 1.88 bits per heavy atom. The highest BCUT2D eigenvalue weighted by atomic mass is 32.2. The number of nitrogens with zero attached hydrogens (tertiary/aromatic N) is 2. The molecule has 0 aromatic heterocycles. The predicted molar refractivity (Wildman–Crippen MR) is 112 cm³/mol. The largest absolute Gasteiger partial charge is 0.337 e. The van der Waals surface area contributed by atoms with Crippen molar-refractivity contribution in [3.63, 3.8) is 0 Å². The van der Waals surface area contributed by atoms with Crippen LogP contribution in [-0.4, -0.2) is 28.7 Å². The first-order valence-electron chi connectivity index (χ1n) is 8.18. The van der Waals surface area contributed by atoms with Gasteiger partial charge in [-0.25, -0.2) is 0 Å². The molecule has 128 valence electrons. The van der Waals surface area contributed by atoms with Gasteiger partial charge in [0, 0.05) is 18.5 Å². The van der Waals surface area contributed by atoms with Crippen molar-refractivity contribution in [1.29, 1.82) is 0 Å². The number of thioether (sulfide) groups is 2. The molecule has 1 amide bonds. The van der Waals surface area contributed by atoms with Gasteiger partial charge in [0.2, 0.25) is 0 Å². The van der Waals surface area contributed by atoms with Gasteiger partial charge in [0.25, 0.3) is 5.24 Å². The van der Waals surface area contributed by atoms with Crippen LogP contribution in [0.2, 0.25) is 0 Å². The van der Waals surface area contributed by atoms with E-state index in [0.29, 0.717) is 17.5 Å². The summed E-state index contributed by atoms with van der Waals surface area (Å²) in [6, 6.07) is 12.7. The second-order valence-corrected chi connectivity index (χ2v) is 8.96. The molecule has 2 aliphatic heterocycles. The van der Waals surface area contributed by atoms with Gasteiger partial charge in [-0.2, -0.15) is 0 Å². The number of thiocarbonyl (C=S) groups is 1. The summed E-state index contributed by atoms with van der Waals surface area (Å²) in [6.07, 6.45) is 0. The molecule has 2 heterocycles. The lowest BCUT2D eigenvalue weighted by molar-refractivity contribution is 0.242. The second-order valence-electron chi connectivity index (χ2n) is 6.61. The lowest BCUT2D eigenvalue weighted by Gasteiger charge is -2.18. The number of hydrogen-bond donors (Lipinski definition) is 0. The van der Waals surface area contributed by atoms with Gasteiger partial charge in [0.1, 0.15) is 4.99 Å². The van der Waals surface area contributed by atoms with Crippen LogP contribution in [0.4, 0.5) is 10.5 Å². The summed E-state index contributed by atoms with van der Waals surface area (Å²) >= 11 is 8.62. The molecule has 2 aromatic rings. The molecule has 25 heavy (non-hydrogen) atoms. The third-order valence-electron chi connectivity index (χ3n) is 4.31. The Bertz CT molecular complexity index is 935. The molecular formula is C19H18N2OS3. The molecule has 1 fully saturated rings. The van der Waals surface area contributed by atoms with Gasteiger partial charge in [-0.15, -0.1) is 0 Å². The van der Waals surface area contributed by atoms with Gasteiger partial charge in [-0.3, -0.25) is 9.69 Å². The number of amides is 1. The highest BCUT2D eigenvalue weighted by Gasteiger charge is 2.38. The molecule has 2 aromatic carbocycles. The van der Waals surface area contributed by atoms with Crippen LogP contribution in [0.5, 0.6) is 0 Å². The van der Waals surface area contributed by atoms with Gasteiger partial charge in [0.15, 0.2) is 0 Å². The normalized spacial score (nSPS) is 20.3. The number of carbonyl (C=O) groups is 1. The summed E-state index contributed by atoms with van der Waals surface area (Å²) < 4.78 is 0. The Balaban J connectivity index is 1.77. The Kier molecular flexibility index (Phi) is 4.30. The Morgan fingerprint density at radius 1 is 1.12 bits per heavy atom. The van der Waals surface area contributed by atoms with Crippen molar-refractivity contribution in [3.8, 4) is 0 Å². The maximum absolute atomic E-state index is 12.4. The number of rotatable bonds is 2. The molecular weight excluding hydrogens is 368 g/mol. The van der Waals surface area contributed by atoms with Gasteiger partial charge >= 0.3 is 0 Å². The molecule has 0 N–H and O–H groups in total. The number of hydrogen-bond acceptors (Lipinski definition) is 5. The topological polar surface area (TPSA) is 23.6 Å². The van der Waals surface area contributed by atoms with E-state index in [-0.39, 0.29) is 5.24 Å². The molecule has 0 unspecified atom stereocenters. The summed E-state index contributed by atoms with van der Waals surface area (Å²) in [5.74, 6) is 0.391. The average molecular weight is 387 g/mol. The number of anilines is 1. The van der Waals surface area contributed by atoms with Crippen molar-refractivity contribution in [3.05, 3.63) is 46.3 Å². The Hall–Kier alpha value is -1.50. The molecule has 4 rings (SSSR count). The summed E-state index contributed by atoms with van der Waals surface area (Å²) in [7, 11) is 2.05. The van der Waals surface area contributed by atoms with Crippen LogP contribution in [0.25, 0.3) is 10.8 Å². The minimum absolute atomic E-state index is 0.0380. The van der Waals surface area contributed by atoms with Gasteiger partial charge in [-0.05, 0) is 34.5 Å². The van der Waals surface area contributed by atoms with E-state index in [2.05, 4.69) is 62.2 Å². The molecule has 6 heteroatoms. The molecule has 0 radical (unpaired) electrons. The minimum Gasteiger partial charge on any atom is -0.337 e. The average Bonchev–Trinajstić information content (AvgIpc) is 3.06. The molecule has 0 spiro atoms. The van der Waals surface area contributed by atoms with Crippen LogP contribution >= 0.6 is 35.7 Å². The summed E-state index contributed by atoms with van der Waals surface area (Å²) in [5, 5.41) is 3.57. The summed E-state index contributed by atoms with van der Waals surface area (Å²) in [5.41, 5.74) is 1.17. The maximum Gasteiger partial charge on any atom is 0.291 e. The number of fused-ring (bicyclic) bond motifs is 3. The van der Waals surface area contributed by atoms with Crippen molar-refractivity contribution in [2.24, 2.45) is 5.92 Å². The fourth-order valence-corrected chi connectivity index (χ4v) is 5.97. The Morgan fingerprint density at radius 3 is 2.64 bits per heavy atom. The van der Waals surface area contributed by atoms with Crippen molar-refractivity contribution < 1.29 is 4.79 Å². The third-order valence-corrected chi connectivity index (χ3v) is 7.29. The monoisotopic (exact) mass is 386 g/mol. The predicted octanol–water partition coefficient (Wildman–Crippen LogP) is 5.70. The molecule has 3 nitrogen and oxygen atoms in total. The molecule has 2 aliphatic rings. The van der Waals surface area contributed by atoms with E-state index in [1.807, 2.05) is 0 Å². The van der Waals surface area contributed by atoms with Gasteiger partial charge in [-0.1, -0.05) is 68.2 Å². The first-order valence-corrected chi connectivity index (χ1v) is 10.2. The lowest BCUT2D eigenvalue weighted by atomic mass is 10.1. The fraction of sp³-hybridized carbons (Fsp3) is 0.263. The van der Waals surface area contributed by atoms with Gasteiger partial charge in [0.05, 0.1) is 15.6 Å². The molecule has 1 saturated heterocycles. The van der Waals surface area contributed by atoms with E-state index >= 15 is 0 Å². The molecule has 0 atom stereocenters. The SMILES string of the molecule is CC(C)CN1C(=O)S/C(=C2\Sc3c(ccc4ccccc34)N2C)C1=S. The molecule has 0 aliphatic carbocycles. The van der Waals surface area contributed by atoms with E-state index in [1.54, 1.807) is 16.7 Å². The maximum atomic E-state index is 12.4. The van der Waals surface area contributed by atoms with Crippen molar-refractivity contribution in [1.82, 2.24) is 4.90 Å². The van der Waals surface area contributed by atoms with Crippen LogP contribution in [-0.2, 0) is 0 Å². The lowest BCUT2D eigenvalue weighted by Crippen LogP contribution is -2.31. The highest BCUT2D eigenvalue weighted by molar-refractivity contribution is 8.20. The van der Waals surface area contributed by atoms with Crippen LogP contribution in [0.15, 0.2) is 51.2 Å². The third kappa shape index (κ3) is 2.76. The smallest absolute Gasteiger partial charge is 0.291 e. The zero-order chi connectivity index (χ0) is 17.7. The second kappa shape index (κ2) is 6.34. The van der Waals surface area contributed by atoms with Crippen LogP contribution in [0.3, 0.4) is 0 Å². The first-order chi connectivity index (χ1) is 12.0.